The number of carbonyl (C=O) groups is 1. The van der Waals surface area contributed by atoms with Gasteiger partial charge in [0.05, 0.1) is 6.26 Å². The lowest BCUT2D eigenvalue weighted by molar-refractivity contribution is -0.111. The molecular weight excluding hydrogens is 334 g/mol. The van der Waals surface area contributed by atoms with Gasteiger partial charge in [-0.15, -0.1) is 0 Å². The second-order valence-electron chi connectivity index (χ2n) is 6.71. The molecule has 0 spiro atoms. The van der Waals surface area contributed by atoms with E-state index in [0.29, 0.717) is 0 Å². The zero-order chi connectivity index (χ0) is 18.6. The van der Waals surface area contributed by atoms with E-state index in [1.165, 1.54) is 0 Å². The summed E-state index contributed by atoms with van der Waals surface area (Å²) >= 11 is 0. The molecule has 27 heavy (non-hydrogen) atoms. The number of benzene rings is 2. The number of ketones is 1. The van der Waals surface area contributed by atoms with Gasteiger partial charge in [-0.2, -0.15) is 0 Å². The topological polar surface area (TPSA) is 42.2 Å². The zero-order valence-electron chi connectivity index (χ0n) is 15.2. The molecule has 1 atom stereocenters. The average Bonchev–Trinajstić information content (AvgIpc) is 3.23. The number of nitrogens with one attached hydrogen (secondary N) is 1. The highest BCUT2D eigenvalue weighted by Gasteiger charge is 2.30. The third kappa shape index (κ3) is 3.63. The van der Waals surface area contributed by atoms with Gasteiger partial charge in [0.2, 0.25) is 0 Å². The van der Waals surface area contributed by atoms with Crippen LogP contribution in [0, 0.1) is 0 Å². The van der Waals surface area contributed by atoms with Crippen molar-refractivity contribution in [3.63, 3.8) is 0 Å². The Morgan fingerprint density at radius 2 is 1.67 bits per heavy atom. The summed E-state index contributed by atoms with van der Waals surface area (Å²) in [7, 11) is 0. The van der Waals surface area contributed by atoms with Crippen LogP contribution in [0.15, 0.2) is 101 Å². The number of hydrogen-bond donors (Lipinski definition) is 1. The molecule has 1 N–H and O–H groups in total. The van der Waals surface area contributed by atoms with Gasteiger partial charge in [0.25, 0.3) is 0 Å². The van der Waals surface area contributed by atoms with Crippen LogP contribution in [0.2, 0.25) is 0 Å². The first kappa shape index (κ1) is 17.1. The van der Waals surface area contributed by atoms with E-state index < -0.39 is 0 Å². The fourth-order valence-corrected chi connectivity index (χ4v) is 3.64. The predicted octanol–water partition coefficient (Wildman–Crippen LogP) is 5.81. The largest absolute Gasteiger partial charge is 0.465 e. The van der Waals surface area contributed by atoms with Crippen LogP contribution in [0.1, 0.15) is 30.6 Å². The molecule has 1 aliphatic rings. The van der Waals surface area contributed by atoms with Crippen molar-refractivity contribution in [1.82, 2.24) is 0 Å². The Balaban J connectivity index is 1.77. The van der Waals surface area contributed by atoms with Gasteiger partial charge in [-0.05, 0) is 54.8 Å². The van der Waals surface area contributed by atoms with Crippen molar-refractivity contribution in [3.8, 4) is 0 Å². The summed E-state index contributed by atoms with van der Waals surface area (Å²) in [6.07, 6.45) is 4.09. The van der Waals surface area contributed by atoms with Crippen LogP contribution < -0.4 is 5.32 Å². The lowest BCUT2D eigenvalue weighted by Gasteiger charge is -2.27. The van der Waals surface area contributed by atoms with E-state index in [1.807, 2.05) is 67.6 Å². The second kappa shape index (κ2) is 7.50. The third-order valence-corrected chi connectivity index (χ3v) is 4.89. The number of para-hydroxylation sites is 1. The molecule has 0 bridgehead atoms. The molecule has 0 radical (unpaired) electrons. The SMILES string of the molecule is CC(Nc1ccccc1)=C1C(=O)C=C(c2ccco2)CC1c1ccccc1. The number of rotatable bonds is 4. The Morgan fingerprint density at radius 1 is 0.963 bits per heavy atom. The van der Waals surface area contributed by atoms with Gasteiger partial charge in [0.15, 0.2) is 5.78 Å². The molecule has 1 heterocycles. The van der Waals surface area contributed by atoms with Gasteiger partial charge in [0, 0.05) is 22.9 Å². The van der Waals surface area contributed by atoms with E-state index in [0.717, 1.165) is 40.3 Å². The van der Waals surface area contributed by atoms with E-state index in [9.17, 15) is 4.79 Å². The maximum Gasteiger partial charge on any atom is 0.184 e. The van der Waals surface area contributed by atoms with Crippen LogP contribution >= 0.6 is 0 Å². The molecule has 0 saturated carbocycles. The first-order chi connectivity index (χ1) is 13.2. The zero-order valence-corrected chi connectivity index (χ0v) is 15.2. The van der Waals surface area contributed by atoms with Gasteiger partial charge in [0.1, 0.15) is 5.76 Å². The molecule has 4 rings (SSSR count). The summed E-state index contributed by atoms with van der Waals surface area (Å²) < 4.78 is 5.54. The molecule has 3 heteroatoms. The van der Waals surface area contributed by atoms with Crippen LogP contribution in [-0.2, 0) is 4.79 Å². The average molecular weight is 355 g/mol. The van der Waals surface area contributed by atoms with Crippen molar-refractivity contribution in [2.45, 2.75) is 19.3 Å². The quantitative estimate of drug-likeness (QED) is 0.601. The normalized spacial score (nSPS) is 18.8. The lowest BCUT2D eigenvalue weighted by Crippen LogP contribution is -2.20. The number of hydrogen-bond acceptors (Lipinski definition) is 3. The van der Waals surface area contributed by atoms with E-state index in [-0.39, 0.29) is 11.7 Å². The molecule has 134 valence electrons. The summed E-state index contributed by atoms with van der Waals surface area (Å²) in [4.78, 5) is 13.1. The number of furan rings is 1. The minimum atomic E-state index is -0.0139. The van der Waals surface area contributed by atoms with Gasteiger partial charge in [-0.3, -0.25) is 4.79 Å². The molecule has 0 amide bonds. The second-order valence-corrected chi connectivity index (χ2v) is 6.71. The molecule has 0 aliphatic heterocycles. The Kier molecular flexibility index (Phi) is 4.75. The smallest absolute Gasteiger partial charge is 0.184 e. The van der Waals surface area contributed by atoms with Gasteiger partial charge < -0.3 is 9.73 Å². The first-order valence-electron chi connectivity index (χ1n) is 9.09. The highest BCUT2D eigenvalue weighted by molar-refractivity contribution is 6.11. The lowest BCUT2D eigenvalue weighted by atomic mass is 9.77. The fourth-order valence-electron chi connectivity index (χ4n) is 3.64. The standard InChI is InChI=1S/C24H21NO2/c1-17(25-20-11-6-3-7-12-20)24-21(18-9-4-2-5-10-18)15-19(16-22(24)26)23-13-8-14-27-23/h2-14,16,21,25H,15H2,1H3. The molecule has 0 fully saturated rings. The molecule has 3 aromatic rings. The molecule has 2 aromatic carbocycles. The highest BCUT2D eigenvalue weighted by atomic mass is 16.3. The molecule has 1 unspecified atom stereocenters. The molecule has 3 nitrogen and oxygen atoms in total. The van der Waals surface area contributed by atoms with E-state index in [1.54, 1.807) is 12.3 Å². The van der Waals surface area contributed by atoms with Gasteiger partial charge in [-0.1, -0.05) is 48.5 Å². The molecular formula is C24H21NO2. The van der Waals surface area contributed by atoms with Crippen LogP contribution in [0.25, 0.3) is 5.57 Å². The Hall–Kier alpha value is -3.33. The van der Waals surface area contributed by atoms with Crippen molar-refractivity contribution in [1.29, 1.82) is 0 Å². The van der Waals surface area contributed by atoms with Gasteiger partial charge >= 0.3 is 0 Å². The van der Waals surface area contributed by atoms with Crippen LogP contribution in [0.5, 0.6) is 0 Å². The predicted molar refractivity (Wildman–Crippen MR) is 108 cm³/mol. The molecule has 0 saturated heterocycles. The number of anilines is 1. The number of carbonyl (C=O) groups excluding carboxylic acids is 1. The van der Waals surface area contributed by atoms with Crippen molar-refractivity contribution < 1.29 is 9.21 Å². The molecule has 1 aliphatic carbocycles. The highest BCUT2D eigenvalue weighted by Crippen LogP contribution is 2.40. The summed E-state index contributed by atoms with van der Waals surface area (Å²) in [6, 6.07) is 23.9. The van der Waals surface area contributed by atoms with Crippen LogP contribution in [0.3, 0.4) is 0 Å². The monoisotopic (exact) mass is 355 g/mol. The van der Waals surface area contributed by atoms with Crippen LogP contribution in [0.4, 0.5) is 5.69 Å². The number of allylic oxidation sites excluding steroid dienone is 4. The minimum absolute atomic E-state index is 0.0139. The van der Waals surface area contributed by atoms with E-state index in [4.69, 9.17) is 4.42 Å². The summed E-state index contributed by atoms with van der Waals surface area (Å²) in [5.74, 6) is 0.777. The van der Waals surface area contributed by atoms with Crippen molar-refractivity contribution in [3.05, 3.63) is 108 Å². The van der Waals surface area contributed by atoms with Gasteiger partial charge in [-0.25, -0.2) is 0 Å². The van der Waals surface area contributed by atoms with E-state index in [2.05, 4.69) is 17.4 Å². The maximum absolute atomic E-state index is 13.1. The first-order valence-corrected chi connectivity index (χ1v) is 9.09. The summed E-state index contributed by atoms with van der Waals surface area (Å²) in [5.41, 5.74) is 4.74. The fraction of sp³-hybridized carbons (Fsp3) is 0.125. The van der Waals surface area contributed by atoms with Crippen molar-refractivity contribution >= 4 is 17.0 Å². The van der Waals surface area contributed by atoms with Crippen molar-refractivity contribution in [2.75, 3.05) is 5.32 Å². The van der Waals surface area contributed by atoms with E-state index >= 15 is 0 Å². The molecule has 1 aromatic heterocycles. The van der Waals surface area contributed by atoms with Crippen molar-refractivity contribution in [2.24, 2.45) is 0 Å². The summed E-state index contributed by atoms with van der Waals surface area (Å²) in [6.45, 7) is 1.97. The Labute approximate surface area is 159 Å². The maximum atomic E-state index is 13.1. The summed E-state index contributed by atoms with van der Waals surface area (Å²) in [5, 5.41) is 3.40. The minimum Gasteiger partial charge on any atom is -0.465 e. The Bertz CT molecular complexity index is 983. The third-order valence-electron chi connectivity index (χ3n) is 4.89. The Morgan fingerprint density at radius 3 is 2.33 bits per heavy atom. The van der Waals surface area contributed by atoms with Crippen LogP contribution in [-0.4, -0.2) is 5.78 Å².